The number of rotatable bonds is 5. The number of aromatic amines is 1. The molecule has 0 saturated heterocycles. The molecule has 1 aliphatic rings. The molecule has 1 unspecified atom stereocenters. The molecule has 1 aliphatic carbocycles. The van der Waals surface area contributed by atoms with Crippen LogP contribution in [0.15, 0.2) is 36.7 Å². The Bertz CT molecular complexity index is 507. The molecule has 0 spiro atoms. The summed E-state index contributed by atoms with van der Waals surface area (Å²) in [5.74, 6) is 7.29. The summed E-state index contributed by atoms with van der Waals surface area (Å²) in [6.07, 6.45) is 6.20. The molecule has 1 atom stereocenters. The quantitative estimate of drug-likeness (QED) is 0.550. The summed E-state index contributed by atoms with van der Waals surface area (Å²) < 4.78 is 5.78. The van der Waals surface area contributed by atoms with Crippen molar-refractivity contribution in [2.45, 2.75) is 25.0 Å². The Morgan fingerprint density at radius 2 is 2.33 bits per heavy atom. The van der Waals surface area contributed by atoms with Gasteiger partial charge in [0.05, 0.1) is 6.10 Å². The summed E-state index contributed by atoms with van der Waals surface area (Å²) in [6, 6.07) is 7.80. The second-order valence-corrected chi connectivity index (χ2v) is 4.46. The van der Waals surface area contributed by atoms with E-state index < -0.39 is 0 Å². The molecule has 1 fully saturated rings. The van der Waals surface area contributed by atoms with Crippen LogP contribution < -0.4 is 16.0 Å². The number of hydrazine groups is 1. The Labute approximate surface area is 105 Å². The second-order valence-electron chi connectivity index (χ2n) is 4.46. The normalized spacial score (nSPS) is 16.5. The van der Waals surface area contributed by atoms with E-state index in [4.69, 9.17) is 10.6 Å². The van der Waals surface area contributed by atoms with Gasteiger partial charge in [0, 0.05) is 12.4 Å². The van der Waals surface area contributed by atoms with Gasteiger partial charge in [-0.2, -0.15) is 0 Å². The molecule has 0 bridgehead atoms. The third-order valence-corrected chi connectivity index (χ3v) is 2.98. The van der Waals surface area contributed by atoms with Gasteiger partial charge in [0.15, 0.2) is 0 Å². The third kappa shape index (κ3) is 2.37. The summed E-state index contributed by atoms with van der Waals surface area (Å²) in [5.41, 5.74) is 3.80. The van der Waals surface area contributed by atoms with Crippen LogP contribution in [0.2, 0.25) is 0 Å². The van der Waals surface area contributed by atoms with Gasteiger partial charge in [0.1, 0.15) is 17.6 Å². The van der Waals surface area contributed by atoms with Crippen LogP contribution in [0.3, 0.4) is 0 Å². The van der Waals surface area contributed by atoms with Crippen molar-refractivity contribution in [3.63, 3.8) is 0 Å². The molecule has 1 aromatic carbocycles. The number of nitrogens with two attached hydrogens (primary N) is 1. The standard InChI is InChI=1S/C13H16N4O/c14-17-12(13-15-6-7-16-13)9-2-1-3-11(8-9)18-10-4-5-10/h1-3,6-8,10,12,17H,4-5,14H2,(H,15,16). The summed E-state index contributed by atoms with van der Waals surface area (Å²) in [7, 11) is 0. The molecular formula is C13H16N4O. The van der Waals surface area contributed by atoms with Gasteiger partial charge >= 0.3 is 0 Å². The fraction of sp³-hybridized carbons (Fsp3) is 0.308. The largest absolute Gasteiger partial charge is 0.490 e. The molecule has 0 amide bonds. The van der Waals surface area contributed by atoms with Crippen molar-refractivity contribution in [2.24, 2.45) is 5.84 Å². The third-order valence-electron chi connectivity index (χ3n) is 2.98. The van der Waals surface area contributed by atoms with E-state index in [2.05, 4.69) is 15.4 Å². The van der Waals surface area contributed by atoms with Crippen LogP contribution in [0.5, 0.6) is 5.75 Å². The first-order chi connectivity index (χ1) is 8.86. The van der Waals surface area contributed by atoms with Crippen molar-refractivity contribution in [1.29, 1.82) is 0 Å². The molecule has 2 aromatic rings. The van der Waals surface area contributed by atoms with Crippen LogP contribution in [-0.2, 0) is 0 Å². The van der Waals surface area contributed by atoms with E-state index in [1.54, 1.807) is 12.4 Å². The number of benzene rings is 1. The molecule has 18 heavy (non-hydrogen) atoms. The minimum atomic E-state index is -0.150. The predicted octanol–water partition coefficient (Wildman–Crippen LogP) is 1.50. The zero-order chi connectivity index (χ0) is 12.4. The van der Waals surface area contributed by atoms with E-state index in [-0.39, 0.29) is 6.04 Å². The van der Waals surface area contributed by atoms with E-state index in [9.17, 15) is 0 Å². The molecule has 1 saturated carbocycles. The van der Waals surface area contributed by atoms with Crippen molar-refractivity contribution in [1.82, 2.24) is 15.4 Å². The first-order valence-corrected chi connectivity index (χ1v) is 6.09. The highest BCUT2D eigenvalue weighted by Crippen LogP contribution is 2.29. The molecule has 0 radical (unpaired) electrons. The molecule has 1 heterocycles. The van der Waals surface area contributed by atoms with E-state index >= 15 is 0 Å². The van der Waals surface area contributed by atoms with Gasteiger partial charge in [-0.25, -0.2) is 10.4 Å². The van der Waals surface area contributed by atoms with Gasteiger partial charge in [0.25, 0.3) is 0 Å². The maximum atomic E-state index is 5.78. The van der Waals surface area contributed by atoms with E-state index in [1.807, 2.05) is 24.3 Å². The Balaban J connectivity index is 1.84. The second kappa shape index (κ2) is 4.80. The monoisotopic (exact) mass is 244 g/mol. The number of nitrogens with zero attached hydrogens (tertiary/aromatic N) is 1. The predicted molar refractivity (Wildman–Crippen MR) is 67.8 cm³/mol. The Morgan fingerprint density at radius 3 is 3.00 bits per heavy atom. The highest BCUT2D eigenvalue weighted by molar-refractivity contribution is 5.33. The first-order valence-electron chi connectivity index (χ1n) is 6.09. The topological polar surface area (TPSA) is 76.0 Å². The highest BCUT2D eigenvalue weighted by Gasteiger charge is 2.24. The lowest BCUT2D eigenvalue weighted by molar-refractivity contribution is 0.302. The lowest BCUT2D eigenvalue weighted by atomic mass is 10.1. The summed E-state index contributed by atoms with van der Waals surface area (Å²) in [5, 5.41) is 0. The smallest absolute Gasteiger partial charge is 0.129 e. The van der Waals surface area contributed by atoms with Gasteiger partial charge in [-0.3, -0.25) is 5.84 Å². The van der Waals surface area contributed by atoms with Crippen molar-refractivity contribution in [2.75, 3.05) is 0 Å². The molecule has 1 aromatic heterocycles. The number of hydrogen-bond acceptors (Lipinski definition) is 4. The lowest BCUT2D eigenvalue weighted by Gasteiger charge is -2.15. The zero-order valence-corrected chi connectivity index (χ0v) is 9.97. The van der Waals surface area contributed by atoms with Gasteiger partial charge in [-0.05, 0) is 30.5 Å². The lowest BCUT2D eigenvalue weighted by Crippen LogP contribution is -2.29. The average Bonchev–Trinajstić information content (AvgIpc) is 3.04. The zero-order valence-electron chi connectivity index (χ0n) is 9.97. The number of imidazole rings is 1. The molecule has 0 aliphatic heterocycles. The fourth-order valence-electron chi connectivity index (χ4n) is 1.91. The Hall–Kier alpha value is -1.85. The highest BCUT2D eigenvalue weighted by atomic mass is 16.5. The Kier molecular flexibility index (Phi) is 3.00. The summed E-state index contributed by atoms with van der Waals surface area (Å²) in [4.78, 5) is 7.29. The maximum Gasteiger partial charge on any atom is 0.129 e. The van der Waals surface area contributed by atoms with Gasteiger partial charge < -0.3 is 9.72 Å². The molecular weight excluding hydrogens is 228 g/mol. The average molecular weight is 244 g/mol. The molecule has 3 rings (SSSR count). The SMILES string of the molecule is NNC(c1cccc(OC2CC2)c1)c1ncc[nH]1. The number of nitrogens with one attached hydrogen (secondary N) is 2. The first kappa shape index (κ1) is 11.3. The molecule has 5 nitrogen and oxygen atoms in total. The minimum absolute atomic E-state index is 0.150. The van der Waals surface area contributed by atoms with Crippen molar-refractivity contribution in [3.8, 4) is 5.75 Å². The van der Waals surface area contributed by atoms with Crippen molar-refractivity contribution in [3.05, 3.63) is 48.0 Å². The van der Waals surface area contributed by atoms with Crippen molar-refractivity contribution >= 4 is 0 Å². The van der Waals surface area contributed by atoms with E-state index in [0.29, 0.717) is 6.10 Å². The number of aromatic nitrogens is 2. The van der Waals surface area contributed by atoms with E-state index in [1.165, 1.54) is 0 Å². The van der Waals surface area contributed by atoms with Crippen LogP contribution in [0.1, 0.15) is 30.3 Å². The maximum absolute atomic E-state index is 5.78. The molecule has 94 valence electrons. The molecule has 4 N–H and O–H groups in total. The van der Waals surface area contributed by atoms with Crippen LogP contribution in [0, 0.1) is 0 Å². The number of H-pyrrole nitrogens is 1. The van der Waals surface area contributed by atoms with Gasteiger partial charge in [0.2, 0.25) is 0 Å². The van der Waals surface area contributed by atoms with Gasteiger partial charge in [-0.15, -0.1) is 0 Å². The summed E-state index contributed by atoms with van der Waals surface area (Å²) >= 11 is 0. The molecule has 5 heteroatoms. The number of hydrogen-bond donors (Lipinski definition) is 3. The van der Waals surface area contributed by atoms with Gasteiger partial charge in [-0.1, -0.05) is 12.1 Å². The number of ether oxygens (including phenoxy) is 1. The van der Waals surface area contributed by atoms with E-state index in [0.717, 1.165) is 30.0 Å². The van der Waals surface area contributed by atoms with Crippen LogP contribution >= 0.6 is 0 Å². The minimum Gasteiger partial charge on any atom is -0.490 e. The van der Waals surface area contributed by atoms with Crippen LogP contribution in [-0.4, -0.2) is 16.1 Å². The van der Waals surface area contributed by atoms with Crippen molar-refractivity contribution < 1.29 is 4.74 Å². The van der Waals surface area contributed by atoms with Crippen LogP contribution in [0.4, 0.5) is 0 Å². The fourth-order valence-corrected chi connectivity index (χ4v) is 1.91. The summed E-state index contributed by atoms with van der Waals surface area (Å²) in [6.45, 7) is 0. The Morgan fingerprint density at radius 1 is 1.44 bits per heavy atom. The van der Waals surface area contributed by atoms with Crippen LogP contribution in [0.25, 0.3) is 0 Å².